The fourth-order valence-corrected chi connectivity index (χ4v) is 3.23. The zero-order valence-electron chi connectivity index (χ0n) is 9.56. The summed E-state index contributed by atoms with van der Waals surface area (Å²) < 4.78 is 13.8. The van der Waals surface area contributed by atoms with Gasteiger partial charge in [-0.15, -0.1) is 0 Å². The Morgan fingerprint density at radius 1 is 1.12 bits per heavy atom. The van der Waals surface area contributed by atoms with E-state index >= 15 is 0 Å². The standard InChI is InChI=1S/C14H18FN/c15-13-6-4-5-11-10-16-14(9-12(11)13)7-2-1-3-8-14/h4-6,16H,1-3,7-10H2. The van der Waals surface area contributed by atoms with Crippen LogP contribution in [0.25, 0.3) is 0 Å². The van der Waals surface area contributed by atoms with E-state index in [1.165, 1.54) is 32.1 Å². The third kappa shape index (κ3) is 1.65. The summed E-state index contributed by atoms with van der Waals surface area (Å²) in [5.74, 6) is -0.0102. The van der Waals surface area contributed by atoms with Crippen LogP contribution >= 0.6 is 0 Å². The average Bonchev–Trinajstić information content (AvgIpc) is 2.32. The Morgan fingerprint density at radius 3 is 2.75 bits per heavy atom. The largest absolute Gasteiger partial charge is 0.307 e. The van der Waals surface area contributed by atoms with Gasteiger partial charge in [0, 0.05) is 12.1 Å². The summed E-state index contributed by atoms with van der Waals surface area (Å²) >= 11 is 0. The Morgan fingerprint density at radius 2 is 1.94 bits per heavy atom. The molecule has 1 aliphatic heterocycles. The summed E-state index contributed by atoms with van der Waals surface area (Å²) in [6.45, 7) is 0.840. The minimum absolute atomic E-state index is 0.0102. The second-order valence-corrected chi connectivity index (χ2v) is 5.25. The molecule has 1 fully saturated rings. The van der Waals surface area contributed by atoms with Crippen molar-refractivity contribution in [1.29, 1.82) is 0 Å². The maximum atomic E-state index is 13.8. The van der Waals surface area contributed by atoms with Crippen LogP contribution in [0.2, 0.25) is 0 Å². The first kappa shape index (κ1) is 10.3. The van der Waals surface area contributed by atoms with Crippen LogP contribution in [0.4, 0.5) is 4.39 Å². The van der Waals surface area contributed by atoms with E-state index in [1.54, 1.807) is 6.07 Å². The second-order valence-electron chi connectivity index (χ2n) is 5.25. The predicted octanol–water partition coefficient (Wildman–Crippen LogP) is 3.17. The number of fused-ring (bicyclic) bond motifs is 1. The van der Waals surface area contributed by atoms with Crippen LogP contribution in [-0.4, -0.2) is 5.54 Å². The molecule has 0 radical (unpaired) electrons. The molecule has 0 bridgehead atoms. The SMILES string of the molecule is Fc1cccc2c1CC1(CCCCC1)NC2. The molecule has 1 spiro atoms. The molecule has 2 heteroatoms. The number of hydrogen-bond donors (Lipinski definition) is 1. The minimum Gasteiger partial charge on any atom is -0.307 e. The van der Waals surface area contributed by atoms with Gasteiger partial charge in [0.05, 0.1) is 0 Å². The van der Waals surface area contributed by atoms with E-state index in [9.17, 15) is 4.39 Å². The van der Waals surface area contributed by atoms with Crippen LogP contribution < -0.4 is 5.32 Å². The summed E-state index contributed by atoms with van der Waals surface area (Å²) in [6, 6.07) is 5.45. The van der Waals surface area contributed by atoms with Gasteiger partial charge in [-0.1, -0.05) is 31.4 Å². The maximum Gasteiger partial charge on any atom is 0.126 e. The Balaban J connectivity index is 1.92. The fraction of sp³-hybridized carbons (Fsp3) is 0.571. The molecule has 86 valence electrons. The molecule has 1 nitrogen and oxygen atoms in total. The van der Waals surface area contributed by atoms with Crippen LogP contribution in [0.5, 0.6) is 0 Å². The van der Waals surface area contributed by atoms with E-state index in [0.29, 0.717) is 0 Å². The normalized spacial score (nSPS) is 23.1. The molecular weight excluding hydrogens is 201 g/mol. The molecule has 0 amide bonds. The number of rotatable bonds is 0. The molecule has 1 heterocycles. The van der Waals surface area contributed by atoms with Crippen LogP contribution in [0, 0.1) is 5.82 Å². The van der Waals surface area contributed by atoms with Gasteiger partial charge in [-0.25, -0.2) is 4.39 Å². The molecule has 1 N–H and O–H groups in total. The van der Waals surface area contributed by atoms with Crippen molar-refractivity contribution in [2.24, 2.45) is 0 Å². The molecule has 1 aliphatic carbocycles. The highest BCUT2D eigenvalue weighted by molar-refractivity contribution is 5.33. The Labute approximate surface area is 96.1 Å². The van der Waals surface area contributed by atoms with E-state index in [4.69, 9.17) is 0 Å². The molecule has 0 aromatic heterocycles. The Kier molecular flexibility index (Phi) is 2.47. The number of halogens is 1. The van der Waals surface area contributed by atoms with Crippen LogP contribution in [-0.2, 0) is 13.0 Å². The second kappa shape index (κ2) is 3.85. The highest BCUT2D eigenvalue weighted by Crippen LogP contribution is 2.35. The molecule has 0 atom stereocenters. The van der Waals surface area contributed by atoms with Crippen molar-refractivity contribution < 1.29 is 4.39 Å². The van der Waals surface area contributed by atoms with E-state index in [-0.39, 0.29) is 11.4 Å². The molecule has 2 aliphatic rings. The minimum atomic E-state index is -0.0102. The van der Waals surface area contributed by atoms with E-state index in [0.717, 1.165) is 24.1 Å². The third-order valence-electron chi connectivity index (χ3n) is 4.20. The first-order chi connectivity index (χ1) is 7.79. The molecule has 1 aromatic rings. The molecule has 16 heavy (non-hydrogen) atoms. The zero-order chi connectivity index (χ0) is 11.0. The van der Waals surface area contributed by atoms with Crippen molar-refractivity contribution in [1.82, 2.24) is 5.32 Å². The van der Waals surface area contributed by atoms with Gasteiger partial charge in [-0.2, -0.15) is 0 Å². The number of benzene rings is 1. The first-order valence-electron chi connectivity index (χ1n) is 6.30. The van der Waals surface area contributed by atoms with Gasteiger partial charge >= 0.3 is 0 Å². The number of hydrogen-bond acceptors (Lipinski definition) is 1. The maximum absolute atomic E-state index is 13.8. The van der Waals surface area contributed by atoms with Gasteiger partial charge in [-0.3, -0.25) is 0 Å². The lowest BCUT2D eigenvalue weighted by Gasteiger charge is -2.42. The van der Waals surface area contributed by atoms with Gasteiger partial charge in [0.2, 0.25) is 0 Å². The monoisotopic (exact) mass is 219 g/mol. The van der Waals surface area contributed by atoms with Gasteiger partial charge in [0.25, 0.3) is 0 Å². The van der Waals surface area contributed by atoms with Crippen LogP contribution in [0.15, 0.2) is 18.2 Å². The molecule has 0 saturated heterocycles. The summed E-state index contributed by atoms with van der Waals surface area (Å²) in [5.41, 5.74) is 2.31. The van der Waals surface area contributed by atoms with E-state index in [2.05, 4.69) is 5.32 Å². The van der Waals surface area contributed by atoms with Gasteiger partial charge in [0.1, 0.15) is 5.82 Å². The average molecular weight is 219 g/mol. The van der Waals surface area contributed by atoms with Gasteiger partial charge in [-0.05, 0) is 36.5 Å². The topological polar surface area (TPSA) is 12.0 Å². The highest BCUT2D eigenvalue weighted by Gasteiger charge is 2.35. The third-order valence-corrected chi connectivity index (χ3v) is 4.20. The van der Waals surface area contributed by atoms with Crippen LogP contribution in [0.1, 0.15) is 43.2 Å². The Hall–Kier alpha value is -0.890. The molecule has 0 unspecified atom stereocenters. The fourth-order valence-electron chi connectivity index (χ4n) is 3.23. The quantitative estimate of drug-likeness (QED) is 0.706. The van der Waals surface area contributed by atoms with E-state index in [1.807, 2.05) is 12.1 Å². The van der Waals surface area contributed by atoms with Crippen molar-refractivity contribution in [3.63, 3.8) is 0 Å². The van der Waals surface area contributed by atoms with Crippen molar-refractivity contribution in [2.75, 3.05) is 0 Å². The predicted molar refractivity (Wildman–Crippen MR) is 62.8 cm³/mol. The van der Waals surface area contributed by atoms with Gasteiger partial charge in [0.15, 0.2) is 0 Å². The van der Waals surface area contributed by atoms with Crippen LogP contribution in [0.3, 0.4) is 0 Å². The van der Waals surface area contributed by atoms with Crippen molar-refractivity contribution in [2.45, 2.75) is 50.6 Å². The molecule has 1 aromatic carbocycles. The van der Waals surface area contributed by atoms with Crippen molar-refractivity contribution in [3.05, 3.63) is 35.1 Å². The summed E-state index contributed by atoms with van der Waals surface area (Å²) in [6.07, 6.45) is 7.22. The van der Waals surface area contributed by atoms with Crippen molar-refractivity contribution >= 4 is 0 Å². The number of nitrogens with one attached hydrogen (secondary N) is 1. The highest BCUT2D eigenvalue weighted by atomic mass is 19.1. The first-order valence-corrected chi connectivity index (χ1v) is 6.30. The lowest BCUT2D eigenvalue weighted by atomic mass is 9.74. The lowest BCUT2D eigenvalue weighted by molar-refractivity contribution is 0.213. The molecule has 1 saturated carbocycles. The summed E-state index contributed by atoms with van der Waals surface area (Å²) in [4.78, 5) is 0. The van der Waals surface area contributed by atoms with Gasteiger partial charge < -0.3 is 5.32 Å². The van der Waals surface area contributed by atoms with E-state index < -0.39 is 0 Å². The molecule has 3 rings (SSSR count). The molecular formula is C14H18FN. The smallest absolute Gasteiger partial charge is 0.126 e. The summed E-state index contributed by atoms with van der Waals surface area (Å²) in [5, 5.41) is 3.65. The lowest BCUT2D eigenvalue weighted by Crippen LogP contribution is -2.51. The summed E-state index contributed by atoms with van der Waals surface area (Å²) in [7, 11) is 0. The zero-order valence-corrected chi connectivity index (χ0v) is 9.56. The van der Waals surface area contributed by atoms with Crippen molar-refractivity contribution in [3.8, 4) is 0 Å². The Bertz CT molecular complexity index is 394.